The molecule has 7 rings (SSSR count). The second-order valence-corrected chi connectivity index (χ2v) is 13.6. The molecule has 0 bridgehead atoms. The van der Waals surface area contributed by atoms with E-state index in [9.17, 15) is 9.65 Å². The monoisotopic (exact) mass is 614 g/mol. The highest BCUT2D eigenvalue weighted by Crippen LogP contribution is 2.39. The number of aryl methyl sites for hydroxylation is 2. The van der Waals surface area contributed by atoms with Crippen LogP contribution in [-0.2, 0) is 31.2 Å². The van der Waals surface area contributed by atoms with Crippen LogP contribution in [0.15, 0.2) is 24.7 Å². The summed E-state index contributed by atoms with van der Waals surface area (Å²) in [6.07, 6.45) is 9.74. The van der Waals surface area contributed by atoms with E-state index in [0.29, 0.717) is 49.3 Å². The zero-order chi connectivity index (χ0) is 31.7. The van der Waals surface area contributed by atoms with Gasteiger partial charge in [-0.05, 0) is 68.7 Å². The molecule has 0 amide bonds. The van der Waals surface area contributed by atoms with Gasteiger partial charge >= 0.3 is 0 Å². The molecule has 3 fully saturated rings. The van der Waals surface area contributed by atoms with E-state index in [0.717, 1.165) is 73.8 Å². The van der Waals surface area contributed by atoms with Gasteiger partial charge in [-0.1, -0.05) is 19.9 Å². The number of nitriles is 1. The molecule has 3 atom stereocenters. The van der Waals surface area contributed by atoms with Crippen molar-refractivity contribution < 1.29 is 9.13 Å². The lowest BCUT2D eigenvalue weighted by Gasteiger charge is -2.41. The summed E-state index contributed by atoms with van der Waals surface area (Å²) in [6.45, 7) is 11.2. The van der Waals surface area contributed by atoms with Gasteiger partial charge in [-0.3, -0.25) is 4.90 Å². The molecule has 3 saturated heterocycles. The second kappa shape index (κ2) is 13.1. The van der Waals surface area contributed by atoms with Crippen molar-refractivity contribution in [2.75, 3.05) is 43.4 Å². The summed E-state index contributed by atoms with van der Waals surface area (Å²) in [6, 6.07) is 6.33. The fourth-order valence-corrected chi connectivity index (χ4v) is 7.74. The van der Waals surface area contributed by atoms with Crippen LogP contribution in [0.4, 0.5) is 15.9 Å². The van der Waals surface area contributed by atoms with Gasteiger partial charge in [0.25, 0.3) is 0 Å². The normalized spacial score (nSPS) is 25.2. The lowest BCUT2D eigenvalue weighted by Crippen LogP contribution is -2.47. The quantitative estimate of drug-likeness (QED) is 0.390. The molecular formula is C35H47FN8O. The summed E-state index contributed by atoms with van der Waals surface area (Å²) in [4.78, 5) is 18.9. The van der Waals surface area contributed by atoms with Crippen molar-refractivity contribution >= 4 is 11.5 Å². The summed E-state index contributed by atoms with van der Waals surface area (Å²) in [7, 11) is 2.04. The number of halogens is 1. The van der Waals surface area contributed by atoms with Gasteiger partial charge in [0.15, 0.2) is 0 Å². The third kappa shape index (κ3) is 6.30. The predicted octanol–water partition coefficient (Wildman–Crippen LogP) is 5.42. The van der Waals surface area contributed by atoms with Crippen LogP contribution in [0.2, 0.25) is 0 Å². The average molecular weight is 615 g/mol. The first kappa shape index (κ1) is 31.4. The van der Waals surface area contributed by atoms with Gasteiger partial charge in [0.2, 0.25) is 0 Å². The molecular weight excluding hydrogens is 567 g/mol. The Morgan fingerprint density at radius 3 is 2.71 bits per heavy atom. The fraction of sp³-hybridized carbons (Fsp3) is 0.600. The average Bonchev–Trinajstić information content (AvgIpc) is 3.64. The highest BCUT2D eigenvalue weighted by Gasteiger charge is 2.44. The van der Waals surface area contributed by atoms with Gasteiger partial charge in [-0.25, -0.2) is 19.3 Å². The number of imidazole rings is 1. The molecule has 45 heavy (non-hydrogen) atoms. The topological polar surface area (TPSA) is 109 Å². The highest BCUT2D eigenvalue weighted by atomic mass is 19.1. The Labute approximate surface area is 266 Å². The Morgan fingerprint density at radius 2 is 2.00 bits per heavy atom. The standard InChI is InChI=1S/C27H33N7O.C8H14FN/c1-4-26-31-24-10-20-19(7-8-23(29)21(20)11-28)17(2)6-5-9-35-15-22(24)27(32-26)34-13-18(14-34)25-12-30-16-33(25)3;1-8-3-2-4-10(8)6-7(9)5-8/h7-8,12,16-18H,4-6,9-10,13-15,29H2,1-3H3;7H,2-6H2,1H3. The number of fused-ring (bicyclic) bond motifs is 3. The number of nitrogens with zero attached hydrogens (tertiary/aromatic N) is 7. The number of nitrogen functional groups attached to an aromatic ring is 1. The Morgan fingerprint density at radius 1 is 1.18 bits per heavy atom. The molecule has 0 aliphatic carbocycles. The predicted molar refractivity (Wildman–Crippen MR) is 174 cm³/mol. The van der Waals surface area contributed by atoms with Crippen LogP contribution in [-0.4, -0.2) is 68.9 Å². The molecule has 1 aromatic carbocycles. The van der Waals surface area contributed by atoms with Gasteiger partial charge in [0, 0.05) is 80.7 Å². The summed E-state index contributed by atoms with van der Waals surface area (Å²) in [5.41, 5.74) is 13.0. The summed E-state index contributed by atoms with van der Waals surface area (Å²) >= 11 is 0. The Balaban J connectivity index is 0.000000301. The summed E-state index contributed by atoms with van der Waals surface area (Å²) in [5, 5.41) is 9.98. The van der Waals surface area contributed by atoms with Crippen LogP contribution in [0.3, 0.4) is 0 Å². The number of benzene rings is 1. The first-order valence-corrected chi connectivity index (χ1v) is 16.6. The number of nitrogens with two attached hydrogens (primary N) is 1. The third-order valence-corrected chi connectivity index (χ3v) is 10.4. The lowest BCUT2D eigenvalue weighted by atomic mass is 9.86. The number of rotatable bonds is 3. The largest absolute Gasteiger partial charge is 0.398 e. The van der Waals surface area contributed by atoms with E-state index in [2.05, 4.69) is 52.3 Å². The number of alkyl halides is 1. The SMILES string of the molecule is CC12CCCN1CC(F)C2.CCc1nc2c(c(N3CC(c4cncn4C)C3)n1)COCCCC(C)c1ccc(N)c(C#N)c1C2. The van der Waals surface area contributed by atoms with E-state index in [1.807, 2.05) is 25.6 Å². The minimum absolute atomic E-state index is 0.236. The van der Waals surface area contributed by atoms with Crippen molar-refractivity contribution in [3.8, 4) is 6.07 Å². The molecule has 4 aliphatic rings. The van der Waals surface area contributed by atoms with Gasteiger partial charge in [-0.2, -0.15) is 5.26 Å². The zero-order valence-corrected chi connectivity index (χ0v) is 27.2. The number of hydrogen-bond acceptors (Lipinski definition) is 8. The smallest absolute Gasteiger partial charge is 0.138 e. The van der Waals surface area contributed by atoms with Crippen molar-refractivity contribution in [2.45, 2.75) is 95.9 Å². The molecule has 4 aliphatic heterocycles. The van der Waals surface area contributed by atoms with Crippen LogP contribution >= 0.6 is 0 Å². The number of ether oxygens (including phenoxy) is 1. The summed E-state index contributed by atoms with van der Waals surface area (Å²) < 4.78 is 21.1. The Bertz CT molecular complexity index is 1560. The molecule has 9 nitrogen and oxygen atoms in total. The van der Waals surface area contributed by atoms with E-state index in [1.165, 1.54) is 24.1 Å². The number of aromatic nitrogens is 4. The van der Waals surface area contributed by atoms with Crippen molar-refractivity contribution in [3.63, 3.8) is 0 Å². The van der Waals surface area contributed by atoms with E-state index >= 15 is 0 Å². The third-order valence-electron chi connectivity index (χ3n) is 10.4. The van der Waals surface area contributed by atoms with Crippen molar-refractivity contribution in [1.82, 2.24) is 24.4 Å². The second-order valence-electron chi connectivity index (χ2n) is 13.6. The molecule has 240 valence electrons. The van der Waals surface area contributed by atoms with Crippen LogP contribution < -0.4 is 10.6 Å². The van der Waals surface area contributed by atoms with Crippen molar-refractivity contribution in [1.29, 1.82) is 5.26 Å². The number of anilines is 2. The highest BCUT2D eigenvalue weighted by molar-refractivity contribution is 5.62. The molecule has 6 heterocycles. The maximum atomic E-state index is 12.8. The molecule has 10 heteroatoms. The minimum atomic E-state index is -0.551. The molecule has 0 spiro atoms. The molecule has 0 radical (unpaired) electrons. The molecule has 3 unspecified atom stereocenters. The van der Waals surface area contributed by atoms with E-state index < -0.39 is 6.17 Å². The Kier molecular flexibility index (Phi) is 9.12. The van der Waals surface area contributed by atoms with Crippen molar-refractivity contribution in [3.05, 3.63) is 64.1 Å². The van der Waals surface area contributed by atoms with E-state index in [-0.39, 0.29) is 5.54 Å². The van der Waals surface area contributed by atoms with Crippen molar-refractivity contribution in [2.24, 2.45) is 7.05 Å². The first-order chi connectivity index (χ1) is 21.7. The van der Waals surface area contributed by atoms with Gasteiger partial charge in [0.05, 0.1) is 24.2 Å². The van der Waals surface area contributed by atoms with E-state index in [4.69, 9.17) is 20.4 Å². The fourth-order valence-electron chi connectivity index (χ4n) is 7.74. The number of hydrogen-bond donors (Lipinski definition) is 1. The van der Waals surface area contributed by atoms with Crippen LogP contribution in [0.1, 0.15) is 104 Å². The van der Waals surface area contributed by atoms with Gasteiger partial charge < -0.3 is 19.9 Å². The maximum absolute atomic E-state index is 12.8. The molecule has 2 N–H and O–H groups in total. The molecule has 3 aromatic rings. The van der Waals surface area contributed by atoms with Crippen LogP contribution in [0, 0.1) is 11.3 Å². The van der Waals surface area contributed by atoms with E-state index in [1.54, 1.807) is 0 Å². The zero-order valence-electron chi connectivity index (χ0n) is 27.2. The minimum Gasteiger partial charge on any atom is -0.398 e. The van der Waals surface area contributed by atoms with Crippen LogP contribution in [0.25, 0.3) is 0 Å². The van der Waals surface area contributed by atoms with Gasteiger partial charge in [-0.15, -0.1) is 0 Å². The summed E-state index contributed by atoms with van der Waals surface area (Å²) in [5.74, 6) is 2.51. The molecule has 0 saturated carbocycles. The van der Waals surface area contributed by atoms with Crippen LogP contribution in [0.5, 0.6) is 0 Å². The first-order valence-electron chi connectivity index (χ1n) is 16.6. The van der Waals surface area contributed by atoms with Gasteiger partial charge in [0.1, 0.15) is 23.9 Å². The maximum Gasteiger partial charge on any atom is 0.138 e. The Hall–Kier alpha value is -3.55. The lowest BCUT2D eigenvalue weighted by molar-refractivity contribution is 0.115. The molecule has 2 aromatic heterocycles.